The zero-order valence-corrected chi connectivity index (χ0v) is 15.9. The van der Waals surface area contributed by atoms with Crippen LogP contribution in [0.4, 0.5) is 0 Å². The maximum absolute atomic E-state index is 13.2. The molecule has 1 amide bonds. The van der Waals surface area contributed by atoms with Gasteiger partial charge in [-0.2, -0.15) is 0 Å². The van der Waals surface area contributed by atoms with E-state index in [4.69, 9.17) is 0 Å². The summed E-state index contributed by atoms with van der Waals surface area (Å²) in [7, 11) is 0. The first kappa shape index (κ1) is 18.0. The Labute approximate surface area is 157 Å². The number of piperidine rings is 2. The molecule has 4 heteroatoms. The third kappa shape index (κ3) is 4.66. The first-order valence-electron chi connectivity index (χ1n) is 10.6. The number of amides is 1. The average Bonchev–Trinajstić information content (AvgIpc) is 3.53. The smallest absolute Gasteiger partial charge is 0.226 e. The molecule has 1 aromatic carbocycles. The van der Waals surface area contributed by atoms with Crippen molar-refractivity contribution in [2.45, 2.75) is 51.1 Å². The largest absolute Gasteiger partial charge is 0.335 e. The molecule has 2 heterocycles. The Balaban J connectivity index is 1.29. The summed E-state index contributed by atoms with van der Waals surface area (Å²) in [4.78, 5) is 18.0. The lowest BCUT2D eigenvalue weighted by Gasteiger charge is -2.36. The number of carbonyl (C=O) groups excluding carboxylic acids is 1. The van der Waals surface area contributed by atoms with E-state index >= 15 is 0 Å². The van der Waals surface area contributed by atoms with Crippen LogP contribution in [0.15, 0.2) is 30.3 Å². The van der Waals surface area contributed by atoms with Crippen LogP contribution < -0.4 is 5.32 Å². The Morgan fingerprint density at radius 1 is 1.00 bits per heavy atom. The van der Waals surface area contributed by atoms with Crippen LogP contribution in [0, 0.1) is 11.8 Å². The Hall–Kier alpha value is -1.39. The van der Waals surface area contributed by atoms with Crippen LogP contribution in [0.3, 0.4) is 0 Å². The van der Waals surface area contributed by atoms with E-state index in [0.29, 0.717) is 11.9 Å². The van der Waals surface area contributed by atoms with Gasteiger partial charge in [0.1, 0.15) is 0 Å². The second-order valence-electron chi connectivity index (χ2n) is 8.45. The second-order valence-corrected chi connectivity index (χ2v) is 8.45. The molecule has 0 unspecified atom stereocenters. The molecule has 142 valence electrons. The van der Waals surface area contributed by atoms with Crippen LogP contribution in [0.1, 0.15) is 44.1 Å². The highest BCUT2D eigenvalue weighted by Crippen LogP contribution is 2.32. The highest BCUT2D eigenvalue weighted by molar-refractivity contribution is 5.79. The fourth-order valence-corrected chi connectivity index (χ4v) is 4.58. The molecule has 0 radical (unpaired) electrons. The number of hydrogen-bond acceptors (Lipinski definition) is 3. The number of carbonyl (C=O) groups is 1. The highest BCUT2D eigenvalue weighted by Gasteiger charge is 2.37. The highest BCUT2D eigenvalue weighted by atomic mass is 16.2. The zero-order valence-electron chi connectivity index (χ0n) is 15.9. The van der Waals surface area contributed by atoms with Crippen molar-refractivity contribution < 1.29 is 4.79 Å². The van der Waals surface area contributed by atoms with Gasteiger partial charge in [0.15, 0.2) is 0 Å². The Kier molecular flexibility index (Phi) is 5.91. The van der Waals surface area contributed by atoms with Crippen LogP contribution in [0.5, 0.6) is 0 Å². The van der Waals surface area contributed by atoms with Gasteiger partial charge in [0.2, 0.25) is 5.91 Å². The summed E-state index contributed by atoms with van der Waals surface area (Å²) in [6.45, 7) is 6.58. The van der Waals surface area contributed by atoms with Crippen molar-refractivity contribution in [2.75, 3.05) is 32.7 Å². The van der Waals surface area contributed by atoms with Gasteiger partial charge in [-0.3, -0.25) is 4.79 Å². The molecule has 1 N–H and O–H groups in total. The number of likely N-dealkylation sites (tertiary alicyclic amines) is 1. The summed E-state index contributed by atoms with van der Waals surface area (Å²) in [6.07, 6.45) is 7.08. The molecule has 0 atom stereocenters. The molecule has 1 saturated carbocycles. The fraction of sp³-hybridized carbons (Fsp3) is 0.682. The molecule has 0 spiro atoms. The molecule has 3 aliphatic rings. The fourth-order valence-electron chi connectivity index (χ4n) is 4.58. The van der Waals surface area contributed by atoms with Gasteiger partial charge in [-0.05, 0) is 76.2 Å². The van der Waals surface area contributed by atoms with E-state index in [9.17, 15) is 4.79 Å². The molecular weight excluding hydrogens is 322 g/mol. The first-order chi connectivity index (χ1) is 12.8. The Morgan fingerprint density at radius 2 is 1.69 bits per heavy atom. The molecule has 1 aliphatic carbocycles. The van der Waals surface area contributed by atoms with Crippen molar-refractivity contribution in [2.24, 2.45) is 11.8 Å². The van der Waals surface area contributed by atoms with E-state index in [1.54, 1.807) is 0 Å². The molecule has 4 nitrogen and oxygen atoms in total. The van der Waals surface area contributed by atoms with E-state index < -0.39 is 0 Å². The van der Waals surface area contributed by atoms with Crippen molar-refractivity contribution in [3.63, 3.8) is 0 Å². The van der Waals surface area contributed by atoms with Crippen LogP contribution in [-0.2, 0) is 11.3 Å². The van der Waals surface area contributed by atoms with Crippen molar-refractivity contribution in [3.8, 4) is 0 Å². The van der Waals surface area contributed by atoms with E-state index in [1.807, 2.05) is 6.07 Å². The lowest BCUT2D eigenvalue weighted by atomic mass is 9.92. The average molecular weight is 356 g/mol. The topological polar surface area (TPSA) is 35.6 Å². The molecule has 1 aromatic rings. The summed E-state index contributed by atoms with van der Waals surface area (Å²) in [6, 6.07) is 11.0. The van der Waals surface area contributed by atoms with Gasteiger partial charge in [-0.25, -0.2) is 0 Å². The minimum absolute atomic E-state index is 0.239. The lowest BCUT2D eigenvalue weighted by molar-refractivity contribution is -0.138. The van der Waals surface area contributed by atoms with Gasteiger partial charge < -0.3 is 15.1 Å². The van der Waals surface area contributed by atoms with Gasteiger partial charge in [-0.15, -0.1) is 0 Å². The van der Waals surface area contributed by atoms with Crippen LogP contribution in [0.25, 0.3) is 0 Å². The monoisotopic (exact) mass is 355 g/mol. The number of nitrogens with one attached hydrogen (secondary N) is 1. The van der Waals surface area contributed by atoms with Gasteiger partial charge in [0.25, 0.3) is 0 Å². The van der Waals surface area contributed by atoms with Crippen LogP contribution in [0.2, 0.25) is 0 Å². The summed E-state index contributed by atoms with van der Waals surface area (Å²) < 4.78 is 0. The predicted octanol–water partition coefficient (Wildman–Crippen LogP) is 2.89. The SMILES string of the molecule is O=C(C1CCN(CC2CCNCC2)CC1)N(Cc1ccccc1)C1CC1. The van der Waals surface area contributed by atoms with Crippen molar-refractivity contribution >= 4 is 5.91 Å². The second kappa shape index (κ2) is 8.53. The summed E-state index contributed by atoms with van der Waals surface area (Å²) in [5.74, 6) is 1.51. The van der Waals surface area contributed by atoms with Gasteiger partial charge in [-0.1, -0.05) is 30.3 Å². The third-order valence-electron chi connectivity index (χ3n) is 6.38. The molecular formula is C22H33N3O. The standard InChI is InChI=1S/C22H33N3O/c26-22(25(21-6-7-21)17-18-4-2-1-3-5-18)20-10-14-24(15-11-20)16-19-8-12-23-13-9-19/h1-5,19-21,23H,6-17H2. The number of rotatable bonds is 6. The van der Waals surface area contributed by atoms with Crippen molar-refractivity contribution in [3.05, 3.63) is 35.9 Å². The van der Waals surface area contributed by atoms with Crippen molar-refractivity contribution in [1.82, 2.24) is 15.1 Å². The Morgan fingerprint density at radius 3 is 2.35 bits per heavy atom. The third-order valence-corrected chi connectivity index (χ3v) is 6.38. The van der Waals surface area contributed by atoms with Gasteiger partial charge >= 0.3 is 0 Å². The van der Waals surface area contributed by atoms with E-state index in [-0.39, 0.29) is 5.92 Å². The summed E-state index contributed by atoms with van der Waals surface area (Å²) in [5.41, 5.74) is 1.26. The first-order valence-corrected chi connectivity index (χ1v) is 10.6. The normalized spacial score (nSPS) is 23.1. The van der Waals surface area contributed by atoms with Gasteiger partial charge in [0, 0.05) is 25.0 Å². The van der Waals surface area contributed by atoms with E-state index in [0.717, 1.165) is 38.4 Å². The molecule has 0 aromatic heterocycles. The number of benzene rings is 1. The minimum Gasteiger partial charge on any atom is -0.335 e. The van der Waals surface area contributed by atoms with Crippen LogP contribution >= 0.6 is 0 Å². The number of nitrogens with zero attached hydrogens (tertiary/aromatic N) is 2. The summed E-state index contributed by atoms with van der Waals surface area (Å²) in [5, 5.41) is 3.45. The van der Waals surface area contributed by atoms with Gasteiger partial charge in [0.05, 0.1) is 0 Å². The van der Waals surface area contributed by atoms with E-state index in [2.05, 4.69) is 39.4 Å². The predicted molar refractivity (Wildman–Crippen MR) is 105 cm³/mol. The molecule has 2 saturated heterocycles. The van der Waals surface area contributed by atoms with Crippen molar-refractivity contribution in [1.29, 1.82) is 0 Å². The maximum Gasteiger partial charge on any atom is 0.226 e. The minimum atomic E-state index is 0.239. The Bertz CT molecular complexity index is 572. The molecule has 2 aliphatic heterocycles. The number of hydrogen-bond donors (Lipinski definition) is 1. The maximum atomic E-state index is 13.2. The van der Waals surface area contributed by atoms with E-state index in [1.165, 1.54) is 50.9 Å². The molecule has 0 bridgehead atoms. The molecule has 4 rings (SSSR count). The van der Waals surface area contributed by atoms with Crippen LogP contribution in [-0.4, -0.2) is 54.5 Å². The molecule has 26 heavy (non-hydrogen) atoms. The quantitative estimate of drug-likeness (QED) is 0.852. The zero-order chi connectivity index (χ0) is 17.8. The lowest BCUT2D eigenvalue weighted by Crippen LogP contribution is -2.45. The summed E-state index contributed by atoms with van der Waals surface area (Å²) >= 11 is 0. The molecule has 3 fully saturated rings.